The second-order valence-corrected chi connectivity index (χ2v) is 12.8. The first-order valence-electron chi connectivity index (χ1n) is 15.9. The molecule has 0 radical (unpaired) electrons. The molecule has 9 heteroatoms. The summed E-state index contributed by atoms with van der Waals surface area (Å²) in [5.74, 6) is -0.426. The Bertz CT molecular complexity index is 2190. The summed E-state index contributed by atoms with van der Waals surface area (Å²) in [5.41, 5.74) is 4.71. The molecule has 8 nitrogen and oxygen atoms in total. The van der Waals surface area contributed by atoms with Gasteiger partial charge in [0.25, 0.3) is 11.8 Å². The van der Waals surface area contributed by atoms with Gasteiger partial charge in [-0.05, 0) is 92.2 Å². The van der Waals surface area contributed by atoms with E-state index in [2.05, 4.69) is 45.6 Å². The van der Waals surface area contributed by atoms with Gasteiger partial charge in [0.2, 0.25) is 5.91 Å². The lowest BCUT2D eigenvalue weighted by Gasteiger charge is -2.14. The van der Waals surface area contributed by atoms with Crippen molar-refractivity contribution in [3.8, 4) is 5.75 Å². The highest BCUT2D eigenvalue weighted by molar-refractivity contribution is 8.00. The Balaban J connectivity index is 1.16. The van der Waals surface area contributed by atoms with Crippen molar-refractivity contribution in [2.75, 3.05) is 17.7 Å². The van der Waals surface area contributed by atoms with Crippen molar-refractivity contribution in [3.63, 3.8) is 0 Å². The number of carbonyl (C=O) groups excluding carboxylic acids is 3. The monoisotopic (exact) mass is 668 g/mol. The predicted molar refractivity (Wildman–Crippen MR) is 199 cm³/mol. The van der Waals surface area contributed by atoms with Crippen molar-refractivity contribution < 1.29 is 19.1 Å². The van der Waals surface area contributed by atoms with E-state index in [4.69, 9.17) is 4.74 Å². The van der Waals surface area contributed by atoms with Gasteiger partial charge in [0.15, 0.2) is 0 Å². The van der Waals surface area contributed by atoms with Crippen LogP contribution in [0.2, 0.25) is 0 Å². The highest BCUT2D eigenvalue weighted by atomic mass is 32.2. The molecular weight excluding hydrogens is 633 g/mol. The SMILES string of the molecule is CCn1c2ccccc2c2cc(NC(=O)C(C)Sc3cccc(NC(=O)/C(=C/c4cccc(OC)c4)NC(=O)c4ccccc4)c3)ccc21. The van der Waals surface area contributed by atoms with Crippen LogP contribution in [-0.4, -0.2) is 34.6 Å². The second kappa shape index (κ2) is 15.0. The fraction of sp³-hybridized carbons (Fsp3) is 0.125. The molecule has 1 heterocycles. The third-order valence-corrected chi connectivity index (χ3v) is 9.16. The summed E-state index contributed by atoms with van der Waals surface area (Å²) in [4.78, 5) is 40.7. The maximum Gasteiger partial charge on any atom is 0.272 e. The topological polar surface area (TPSA) is 101 Å². The summed E-state index contributed by atoms with van der Waals surface area (Å²) in [6.45, 7) is 4.83. The number of benzene rings is 5. The molecular formula is C40H36N4O4S. The largest absolute Gasteiger partial charge is 0.497 e. The van der Waals surface area contributed by atoms with Gasteiger partial charge in [0.1, 0.15) is 11.4 Å². The molecule has 6 rings (SSSR count). The van der Waals surface area contributed by atoms with E-state index in [1.807, 2.05) is 55.5 Å². The molecule has 3 N–H and O–H groups in total. The molecule has 0 saturated carbocycles. The van der Waals surface area contributed by atoms with Crippen molar-refractivity contribution in [3.05, 3.63) is 138 Å². The number of anilines is 2. The lowest BCUT2D eigenvalue weighted by Crippen LogP contribution is -2.30. The lowest BCUT2D eigenvalue weighted by molar-refractivity contribution is -0.115. The van der Waals surface area contributed by atoms with Gasteiger partial charge in [0, 0.05) is 50.2 Å². The first-order chi connectivity index (χ1) is 23.8. The molecule has 246 valence electrons. The Morgan fingerprint density at radius 2 is 1.51 bits per heavy atom. The van der Waals surface area contributed by atoms with E-state index in [-0.39, 0.29) is 11.6 Å². The number of para-hydroxylation sites is 1. The number of fused-ring (bicyclic) bond motifs is 3. The van der Waals surface area contributed by atoms with Crippen LogP contribution in [0.1, 0.15) is 29.8 Å². The molecule has 0 fully saturated rings. The number of amides is 3. The fourth-order valence-corrected chi connectivity index (χ4v) is 6.59. The van der Waals surface area contributed by atoms with Gasteiger partial charge in [-0.2, -0.15) is 0 Å². The zero-order chi connectivity index (χ0) is 34.3. The molecule has 1 atom stereocenters. The van der Waals surface area contributed by atoms with Crippen LogP contribution in [0.15, 0.2) is 132 Å². The number of hydrogen-bond acceptors (Lipinski definition) is 5. The van der Waals surface area contributed by atoms with E-state index in [1.165, 1.54) is 17.3 Å². The first kappa shape index (κ1) is 33.1. The van der Waals surface area contributed by atoms with Crippen molar-refractivity contribution in [1.29, 1.82) is 0 Å². The van der Waals surface area contributed by atoms with Gasteiger partial charge < -0.3 is 25.3 Å². The van der Waals surface area contributed by atoms with Crippen LogP contribution >= 0.6 is 11.8 Å². The third-order valence-electron chi connectivity index (χ3n) is 8.06. The minimum atomic E-state index is -0.500. The molecule has 49 heavy (non-hydrogen) atoms. The summed E-state index contributed by atoms with van der Waals surface area (Å²) in [7, 11) is 1.56. The number of rotatable bonds is 11. The van der Waals surface area contributed by atoms with E-state index >= 15 is 0 Å². The molecule has 0 aliphatic carbocycles. The average Bonchev–Trinajstić information content (AvgIpc) is 3.44. The van der Waals surface area contributed by atoms with Gasteiger partial charge in [0.05, 0.1) is 12.4 Å². The van der Waals surface area contributed by atoms with E-state index in [0.717, 1.165) is 33.4 Å². The predicted octanol–water partition coefficient (Wildman–Crippen LogP) is 8.35. The average molecular weight is 669 g/mol. The molecule has 5 aromatic carbocycles. The Kier molecular flexibility index (Phi) is 10.1. The Hall–Kier alpha value is -5.80. The number of ether oxygens (including phenoxy) is 1. The van der Waals surface area contributed by atoms with Gasteiger partial charge in [-0.25, -0.2) is 0 Å². The number of methoxy groups -OCH3 is 1. The summed E-state index contributed by atoms with van der Waals surface area (Å²) in [6.07, 6.45) is 1.60. The van der Waals surface area contributed by atoms with Crippen LogP contribution in [0.25, 0.3) is 27.9 Å². The van der Waals surface area contributed by atoms with Crippen molar-refractivity contribution in [1.82, 2.24) is 9.88 Å². The Morgan fingerprint density at radius 1 is 0.776 bits per heavy atom. The fourth-order valence-electron chi connectivity index (χ4n) is 5.66. The smallest absolute Gasteiger partial charge is 0.272 e. The normalized spacial score (nSPS) is 12.0. The Labute approximate surface area is 289 Å². The van der Waals surface area contributed by atoms with Crippen molar-refractivity contribution in [2.24, 2.45) is 0 Å². The molecule has 0 aliphatic rings. The second-order valence-electron chi connectivity index (χ2n) is 11.4. The quantitative estimate of drug-likeness (QED) is 0.0952. The van der Waals surface area contributed by atoms with Gasteiger partial charge >= 0.3 is 0 Å². The standard InChI is InChI=1S/C40H36N4O4S/c1-4-44-36-19-9-8-18-33(36)34-25-30(20-21-37(34)44)41-38(45)26(2)49-32-17-11-15-29(24-32)42-40(47)35(23-27-12-10-16-31(22-27)48-3)43-39(46)28-13-6-5-7-14-28/h5-26H,4H2,1-3H3,(H,41,45)(H,42,47)(H,43,46)/b35-23-. The number of nitrogens with one attached hydrogen (secondary N) is 3. The van der Waals surface area contributed by atoms with E-state index in [1.54, 1.807) is 67.8 Å². The van der Waals surface area contributed by atoms with Crippen LogP contribution in [-0.2, 0) is 16.1 Å². The molecule has 3 amide bonds. The zero-order valence-corrected chi connectivity index (χ0v) is 28.2. The maximum atomic E-state index is 13.6. The maximum absolute atomic E-state index is 13.6. The summed E-state index contributed by atoms with van der Waals surface area (Å²) in [5, 5.41) is 10.6. The minimum absolute atomic E-state index is 0.0620. The van der Waals surface area contributed by atoms with E-state index in [9.17, 15) is 14.4 Å². The summed E-state index contributed by atoms with van der Waals surface area (Å²) < 4.78 is 7.60. The molecule has 0 spiro atoms. The number of carbonyl (C=O) groups is 3. The number of aromatic nitrogens is 1. The van der Waals surface area contributed by atoms with Crippen LogP contribution in [0, 0.1) is 0 Å². The highest BCUT2D eigenvalue weighted by Crippen LogP contribution is 2.32. The summed E-state index contributed by atoms with van der Waals surface area (Å²) in [6, 6.07) is 37.5. The third kappa shape index (κ3) is 7.69. The van der Waals surface area contributed by atoms with Gasteiger partial charge in [-0.1, -0.05) is 54.6 Å². The van der Waals surface area contributed by atoms with Crippen molar-refractivity contribution >= 4 is 68.7 Å². The van der Waals surface area contributed by atoms with Crippen LogP contribution < -0.4 is 20.7 Å². The van der Waals surface area contributed by atoms with Crippen LogP contribution in [0.3, 0.4) is 0 Å². The van der Waals surface area contributed by atoms with E-state index in [0.29, 0.717) is 22.6 Å². The van der Waals surface area contributed by atoms with Crippen LogP contribution in [0.5, 0.6) is 5.75 Å². The minimum Gasteiger partial charge on any atom is -0.497 e. The molecule has 1 aromatic heterocycles. The van der Waals surface area contributed by atoms with Gasteiger partial charge in [-0.3, -0.25) is 14.4 Å². The number of hydrogen-bond donors (Lipinski definition) is 3. The molecule has 0 aliphatic heterocycles. The van der Waals surface area contributed by atoms with Crippen LogP contribution in [0.4, 0.5) is 11.4 Å². The lowest BCUT2D eigenvalue weighted by atomic mass is 10.1. The highest BCUT2D eigenvalue weighted by Gasteiger charge is 2.18. The zero-order valence-electron chi connectivity index (χ0n) is 27.4. The number of thioether (sulfide) groups is 1. The van der Waals surface area contributed by atoms with E-state index < -0.39 is 17.1 Å². The van der Waals surface area contributed by atoms with Gasteiger partial charge in [-0.15, -0.1) is 11.8 Å². The summed E-state index contributed by atoms with van der Waals surface area (Å²) >= 11 is 1.38. The van der Waals surface area contributed by atoms with Crippen molar-refractivity contribution in [2.45, 2.75) is 30.5 Å². The molecule has 6 aromatic rings. The number of nitrogens with zero attached hydrogens (tertiary/aromatic N) is 1. The number of aryl methyl sites for hydroxylation is 1. The first-order valence-corrected chi connectivity index (χ1v) is 16.8. The molecule has 0 saturated heterocycles. The molecule has 0 bridgehead atoms. The molecule has 1 unspecified atom stereocenters. The Morgan fingerprint density at radius 3 is 2.31 bits per heavy atom.